The van der Waals surface area contributed by atoms with Gasteiger partial charge in [-0.25, -0.2) is 9.97 Å². The normalized spacial score (nSPS) is 10.8. The number of carbonyl (C=O) groups excluding carboxylic acids is 1. The van der Waals surface area contributed by atoms with Crippen LogP contribution in [0.4, 0.5) is 5.82 Å². The van der Waals surface area contributed by atoms with Crippen LogP contribution < -0.4 is 5.32 Å². The molecule has 0 aliphatic carbocycles. The van der Waals surface area contributed by atoms with E-state index in [2.05, 4.69) is 25.5 Å². The number of amides is 1. The minimum atomic E-state index is -0.377. The molecule has 1 amide bonds. The fourth-order valence-electron chi connectivity index (χ4n) is 1.68. The Hall–Kier alpha value is -1.95. The number of halogens is 1. The minimum Gasteiger partial charge on any atom is -0.305 e. The molecule has 0 atom stereocenters. The lowest BCUT2D eigenvalue weighted by atomic mass is 10.2. The standard InChI is InChI=1S/C13H16ClN5O/c1-4-8-5-16-19-12(8)18-13(20)10-9(14)6-15-11(17-10)7(2)3/h5-7H,4H2,1-3H3,(H2,16,18,19,20). The van der Waals surface area contributed by atoms with Crippen molar-refractivity contribution in [2.24, 2.45) is 0 Å². The molecule has 0 aliphatic rings. The summed E-state index contributed by atoms with van der Waals surface area (Å²) in [6.07, 6.45) is 3.89. The lowest BCUT2D eigenvalue weighted by Crippen LogP contribution is -2.17. The first-order chi connectivity index (χ1) is 9.52. The highest BCUT2D eigenvalue weighted by atomic mass is 35.5. The zero-order chi connectivity index (χ0) is 14.7. The van der Waals surface area contributed by atoms with Gasteiger partial charge in [-0.3, -0.25) is 9.89 Å². The molecule has 2 heterocycles. The average Bonchev–Trinajstić information content (AvgIpc) is 2.86. The molecule has 2 aromatic heterocycles. The molecule has 0 bridgehead atoms. The minimum absolute atomic E-state index is 0.122. The predicted molar refractivity (Wildman–Crippen MR) is 77.0 cm³/mol. The molecule has 0 saturated heterocycles. The average molecular weight is 294 g/mol. The first-order valence-corrected chi connectivity index (χ1v) is 6.76. The smallest absolute Gasteiger partial charge is 0.277 e. The van der Waals surface area contributed by atoms with Gasteiger partial charge in [0.1, 0.15) is 11.6 Å². The van der Waals surface area contributed by atoms with Crippen molar-refractivity contribution in [1.82, 2.24) is 20.2 Å². The number of aromatic amines is 1. The van der Waals surface area contributed by atoms with E-state index in [0.29, 0.717) is 11.6 Å². The zero-order valence-electron chi connectivity index (χ0n) is 11.6. The largest absolute Gasteiger partial charge is 0.305 e. The Morgan fingerprint density at radius 1 is 1.45 bits per heavy atom. The van der Waals surface area contributed by atoms with E-state index < -0.39 is 0 Å². The first-order valence-electron chi connectivity index (χ1n) is 6.39. The third-order valence-corrected chi connectivity index (χ3v) is 3.11. The summed E-state index contributed by atoms with van der Waals surface area (Å²) >= 11 is 6.00. The molecule has 7 heteroatoms. The van der Waals surface area contributed by atoms with E-state index in [1.165, 1.54) is 6.20 Å². The van der Waals surface area contributed by atoms with Crippen LogP contribution in [0.15, 0.2) is 12.4 Å². The molecule has 0 saturated carbocycles. The zero-order valence-corrected chi connectivity index (χ0v) is 12.3. The number of carbonyl (C=O) groups is 1. The topological polar surface area (TPSA) is 83.6 Å². The van der Waals surface area contributed by atoms with Crippen LogP contribution in [0.2, 0.25) is 5.02 Å². The van der Waals surface area contributed by atoms with Crippen molar-refractivity contribution in [3.63, 3.8) is 0 Å². The Labute approximate surface area is 122 Å². The highest BCUT2D eigenvalue weighted by Gasteiger charge is 2.17. The summed E-state index contributed by atoms with van der Waals surface area (Å²) in [6.45, 7) is 5.89. The third kappa shape index (κ3) is 2.96. The van der Waals surface area contributed by atoms with Gasteiger partial charge in [-0.15, -0.1) is 0 Å². The maximum Gasteiger partial charge on any atom is 0.277 e. The Kier molecular flexibility index (Phi) is 4.34. The monoisotopic (exact) mass is 293 g/mol. The van der Waals surface area contributed by atoms with Crippen LogP contribution >= 0.6 is 11.6 Å². The SMILES string of the molecule is CCc1cn[nH]c1NC(=O)c1nc(C(C)C)ncc1Cl. The summed E-state index contributed by atoms with van der Waals surface area (Å²) in [5, 5.41) is 9.61. The van der Waals surface area contributed by atoms with Crippen LogP contribution in [-0.2, 0) is 6.42 Å². The highest BCUT2D eigenvalue weighted by molar-refractivity contribution is 6.33. The van der Waals surface area contributed by atoms with Crippen molar-refractivity contribution >= 4 is 23.3 Å². The van der Waals surface area contributed by atoms with Gasteiger partial charge < -0.3 is 5.32 Å². The van der Waals surface area contributed by atoms with Crippen LogP contribution in [0, 0.1) is 0 Å². The Morgan fingerprint density at radius 3 is 2.85 bits per heavy atom. The Bertz CT molecular complexity index is 623. The van der Waals surface area contributed by atoms with E-state index >= 15 is 0 Å². The van der Waals surface area contributed by atoms with Crippen LogP contribution in [0.1, 0.15) is 48.6 Å². The second kappa shape index (κ2) is 6.00. The van der Waals surface area contributed by atoms with Gasteiger partial charge in [0.05, 0.1) is 17.4 Å². The number of anilines is 1. The molecular weight excluding hydrogens is 278 g/mol. The van der Waals surface area contributed by atoms with Crippen molar-refractivity contribution in [1.29, 1.82) is 0 Å². The summed E-state index contributed by atoms with van der Waals surface area (Å²) in [5.74, 6) is 0.897. The molecule has 0 fully saturated rings. The molecule has 0 aliphatic heterocycles. The number of nitrogens with one attached hydrogen (secondary N) is 2. The van der Waals surface area contributed by atoms with Gasteiger partial charge in [0.15, 0.2) is 5.69 Å². The maximum atomic E-state index is 12.2. The second-order valence-electron chi connectivity index (χ2n) is 4.66. The second-order valence-corrected chi connectivity index (χ2v) is 5.06. The Morgan fingerprint density at radius 2 is 2.20 bits per heavy atom. The number of aromatic nitrogens is 4. The van der Waals surface area contributed by atoms with E-state index in [1.54, 1.807) is 6.20 Å². The molecular formula is C13H16ClN5O. The van der Waals surface area contributed by atoms with E-state index in [4.69, 9.17) is 11.6 Å². The van der Waals surface area contributed by atoms with Crippen LogP contribution in [-0.4, -0.2) is 26.1 Å². The van der Waals surface area contributed by atoms with Crippen LogP contribution in [0.3, 0.4) is 0 Å². The van der Waals surface area contributed by atoms with E-state index in [9.17, 15) is 4.79 Å². The first kappa shape index (κ1) is 14.5. The van der Waals surface area contributed by atoms with Gasteiger partial charge in [0, 0.05) is 11.5 Å². The summed E-state index contributed by atoms with van der Waals surface area (Å²) in [7, 11) is 0. The third-order valence-electron chi connectivity index (χ3n) is 2.83. The fraction of sp³-hybridized carbons (Fsp3) is 0.385. The molecule has 6 nitrogen and oxygen atoms in total. The lowest BCUT2D eigenvalue weighted by Gasteiger charge is -2.08. The molecule has 0 radical (unpaired) electrons. The number of hydrogen-bond acceptors (Lipinski definition) is 4. The number of aryl methyl sites for hydroxylation is 1. The lowest BCUT2D eigenvalue weighted by molar-refractivity contribution is 0.102. The van der Waals surface area contributed by atoms with Gasteiger partial charge in [0.25, 0.3) is 5.91 Å². The number of hydrogen-bond donors (Lipinski definition) is 2. The summed E-state index contributed by atoms with van der Waals surface area (Å²) in [5.41, 5.74) is 1.09. The van der Waals surface area contributed by atoms with Crippen LogP contribution in [0.25, 0.3) is 0 Å². The van der Waals surface area contributed by atoms with Crippen LogP contribution in [0.5, 0.6) is 0 Å². The molecule has 2 rings (SSSR count). The molecule has 106 valence electrons. The fourth-order valence-corrected chi connectivity index (χ4v) is 1.86. The van der Waals surface area contributed by atoms with E-state index in [0.717, 1.165) is 12.0 Å². The van der Waals surface area contributed by atoms with Crippen molar-refractivity contribution in [3.05, 3.63) is 34.5 Å². The van der Waals surface area contributed by atoms with E-state index in [-0.39, 0.29) is 22.5 Å². The summed E-state index contributed by atoms with van der Waals surface area (Å²) in [4.78, 5) is 20.6. The van der Waals surface area contributed by atoms with Gasteiger partial charge in [0.2, 0.25) is 0 Å². The van der Waals surface area contributed by atoms with Crippen molar-refractivity contribution in [2.45, 2.75) is 33.1 Å². The molecule has 0 spiro atoms. The number of rotatable bonds is 4. The molecule has 20 heavy (non-hydrogen) atoms. The predicted octanol–water partition coefficient (Wildman–Crippen LogP) is 2.79. The molecule has 0 aromatic carbocycles. The molecule has 2 N–H and O–H groups in total. The molecule has 2 aromatic rings. The van der Waals surface area contributed by atoms with Gasteiger partial charge in [-0.05, 0) is 6.42 Å². The summed E-state index contributed by atoms with van der Waals surface area (Å²) in [6, 6.07) is 0. The quantitative estimate of drug-likeness (QED) is 0.908. The number of H-pyrrole nitrogens is 1. The van der Waals surface area contributed by atoms with E-state index in [1.807, 2.05) is 20.8 Å². The van der Waals surface area contributed by atoms with Gasteiger partial charge >= 0.3 is 0 Å². The number of nitrogens with zero attached hydrogens (tertiary/aromatic N) is 3. The van der Waals surface area contributed by atoms with Crippen molar-refractivity contribution in [3.8, 4) is 0 Å². The Balaban J connectivity index is 2.27. The summed E-state index contributed by atoms with van der Waals surface area (Å²) < 4.78 is 0. The van der Waals surface area contributed by atoms with Crippen molar-refractivity contribution in [2.75, 3.05) is 5.32 Å². The van der Waals surface area contributed by atoms with Gasteiger partial charge in [-0.2, -0.15) is 5.10 Å². The molecule has 0 unspecified atom stereocenters. The van der Waals surface area contributed by atoms with Gasteiger partial charge in [-0.1, -0.05) is 32.4 Å². The maximum absolute atomic E-state index is 12.2. The van der Waals surface area contributed by atoms with Crippen molar-refractivity contribution < 1.29 is 4.79 Å². The highest BCUT2D eigenvalue weighted by Crippen LogP contribution is 2.18.